The van der Waals surface area contributed by atoms with E-state index in [0.717, 1.165) is 21.5 Å². The van der Waals surface area contributed by atoms with Crippen LogP contribution in [-0.2, 0) is 26.2 Å². The van der Waals surface area contributed by atoms with Crippen LogP contribution in [-0.4, -0.2) is 43.8 Å². The highest BCUT2D eigenvalue weighted by molar-refractivity contribution is 7.92. The van der Waals surface area contributed by atoms with Gasteiger partial charge in [-0.2, -0.15) is 0 Å². The third kappa shape index (κ3) is 7.44. The van der Waals surface area contributed by atoms with Gasteiger partial charge in [-0.25, -0.2) is 12.8 Å². The molecule has 0 aliphatic rings. The molecule has 0 bridgehead atoms. The zero-order chi connectivity index (χ0) is 28.6. The summed E-state index contributed by atoms with van der Waals surface area (Å²) in [6.45, 7) is 6.84. The molecule has 1 N–H and O–H groups in total. The number of carbonyl (C=O) groups is 2. The van der Waals surface area contributed by atoms with Gasteiger partial charge in [0.05, 0.1) is 10.6 Å². The van der Waals surface area contributed by atoms with Gasteiger partial charge in [-0.05, 0) is 56.5 Å². The maximum atomic E-state index is 15.0. The van der Waals surface area contributed by atoms with E-state index in [9.17, 15) is 22.4 Å². The van der Waals surface area contributed by atoms with Crippen molar-refractivity contribution in [2.24, 2.45) is 0 Å². The maximum absolute atomic E-state index is 15.0. The summed E-state index contributed by atoms with van der Waals surface area (Å²) >= 11 is 0. The second-order valence-corrected chi connectivity index (χ2v) is 11.4. The molecule has 0 saturated heterocycles. The second-order valence-electron chi connectivity index (χ2n) is 9.53. The molecule has 0 aliphatic heterocycles. The number of carbonyl (C=O) groups excluding carboxylic acids is 2. The van der Waals surface area contributed by atoms with Crippen LogP contribution in [0.5, 0.6) is 0 Å². The highest BCUT2D eigenvalue weighted by Gasteiger charge is 2.34. The summed E-state index contributed by atoms with van der Waals surface area (Å²) in [6, 6.07) is 19.8. The fourth-order valence-corrected chi connectivity index (χ4v) is 5.57. The number of amides is 2. The average Bonchev–Trinajstić information content (AvgIpc) is 2.92. The van der Waals surface area contributed by atoms with Crippen LogP contribution in [0.15, 0.2) is 83.8 Å². The maximum Gasteiger partial charge on any atom is 0.264 e. The van der Waals surface area contributed by atoms with Crippen LogP contribution >= 0.6 is 0 Å². The van der Waals surface area contributed by atoms with Gasteiger partial charge >= 0.3 is 0 Å². The largest absolute Gasteiger partial charge is 0.352 e. The lowest BCUT2D eigenvalue weighted by Crippen LogP contribution is -2.53. The quantitative estimate of drug-likeness (QED) is 0.340. The third-order valence-electron chi connectivity index (χ3n) is 6.59. The van der Waals surface area contributed by atoms with Gasteiger partial charge in [0.15, 0.2) is 0 Å². The molecule has 7 nitrogen and oxygen atoms in total. The Labute approximate surface area is 230 Å². The summed E-state index contributed by atoms with van der Waals surface area (Å²) in [5.41, 5.74) is 1.39. The van der Waals surface area contributed by atoms with Crippen LogP contribution in [0.2, 0.25) is 0 Å². The number of hydrogen-bond acceptors (Lipinski definition) is 4. The van der Waals surface area contributed by atoms with E-state index < -0.39 is 34.3 Å². The predicted molar refractivity (Wildman–Crippen MR) is 151 cm³/mol. The summed E-state index contributed by atoms with van der Waals surface area (Å²) in [5.74, 6) is -1.73. The van der Waals surface area contributed by atoms with Crippen LogP contribution in [0.3, 0.4) is 0 Å². The molecular formula is C30H36FN3O4S. The van der Waals surface area contributed by atoms with Crippen LogP contribution in [0.25, 0.3) is 0 Å². The number of nitrogens with one attached hydrogen (secondary N) is 1. The number of rotatable bonds is 12. The average molecular weight is 554 g/mol. The number of para-hydroxylation sites is 1. The lowest BCUT2D eigenvalue weighted by Gasteiger charge is -2.33. The molecule has 2 amide bonds. The fourth-order valence-electron chi connectivity index (χ4n) is 4.15. The first-order chi connectivity index (χ1) is 18.6. The number of aryl methyl sites for hydroxylation is 1. The first kappa shape index (κ1) is 29.8. The lowest BCUT2D eigenvalue weighted by molar-refractivity contribution is -0.140. The van der Waals surface area contributed by atoms with Crippen molar-refractivity contribution in [2.45, 2.75) is 64.1 Å². The summed E-state index contributed by atoms with van der Waals surface area (Å²) in [4.78, 5) is 28.5. The van der Waals surface area contributed by atoms with Crippen molar-refractivity contribution in [1.82, 2.24) is 10.2 Å². The molecule has 208 valence electrons. The molecule has 3 aromatic carbocycles. The van der Waals surface area contributed by atoms with Gasteiger partial charge in [0.25, 0.3) is 10.0 Å². The Bertz CT molecular complexity index is 1360. The number of hydrogen-bond donors (Lipinski definition) is 1. The zero-order valence-corrected chi connectivity index (χ0v) is 23.6. The van der Waals surface area contributed by atoms with Crippen molar-refractivity contribution in [1.29, 1.82) is 0 Å². The van der Waals surface area contributed by atoms with Crippen molar-refractivity contribution >= 4 is 27.5 Å². The summed E-state index contributed by atoms with van der Waals surface area (Å²) in [6.07, 6.45) is 1.02. The highest BCUT2D eigenvalue weighted by atomic mass is 32.2. The smallest absolute Gasteiger partial charge is 0.264 e. The van der Waals surface area contributed by atoms with Crippen LogP contribution in [0.4, 0.5) is 10.1 Å². The SMILES string of the molecule is CC[C@@H](C)NC(=O)[C@@H](CC)N(Cc1ccccc1)C(=O)CN(c1ccccc1F)S(=O)(=O)c1ccc(C)cc1. The van der Waals surface area contributed by atoms with Gasteiger partial charge in [0, 0.05) is 12.6 Å². The minimum atomic E-state index is -4.33. The molecule has 3 aromatic rings. The molecule has 3 rings (SSSR count). The fraction of sp³-hybridized carbons (Fsp3) is 0.333. The van der Waals surface area contributed by atoms with Gasteiger partial charge in [-0.15, -0.1) is 0 Å². The Kier molecular flexibility index (Phi) is 10.2. The van der Waals surface area contributed by atoms with Crippen LogP contribution in [0, 0.1) is 12.7 Å². The molecule has 0 aromatic heterocycles. The van der Waals surface area contributed by atoms with E-state index in [1.807, 2.05) is 51.1 Å². The molecule has 2 atom stereocenters. The van der Waals surface area contributed by atoms with Crippen LogP contribution < -0.4 is 9.62 Å². The number of anilines is 1. The van der Waals surface area contributed by atoms with E-state index in [1.165, 1.54) is 35.2 Å². The van der Waals surface area contributed by atoms with Crippen molar-refractivity contribution < 1.29 is 22.4 Å². The number of nitrogens with zero attached hydrogens (tertiary/aromatic N) is 2. The normalized spacial score (nSPS) is 12.8. The molecule has 39 heavy (non-hydrogen) atoms. The summed E-state index contributed by atoms with van der Waals surface area (Å²) < 4.78 is 43.3. The summed E-state index contributed by atoms with van der Waals surface area (Å²) in [7, 11) is -4.33. The first-order valence-corrected chi connectivity index (χ1v) is 14.5. The van der Waals surface area contributed by atoms with E-state index >= 15 is 0 Å². The molecule has 0 saturated carbocycles. The number of halogens is 1. The van der Waals surface area contributed by atoms with Crippen molar-refractivity contribution in [3.63, 3.8) is 0 Å². The van der Waals surface area contributed by atoms with E-state index in [-0.39, 0.29) is 29.1 Å². The Morgan fingerprint density at radius 3 is 2.10 bits per heavy atom. The minimum Gasteiger partial charge on any atom is -0.352 e. The monoisotopic (exact) mass is 553 g/mol. The molecule has 0 aliphatic carbocycles. The minimum absolute atomic E-state index is 0.0692. The van der Waals surface area contributed by atoms with Gasteiger partial charge in [-0.3, -0.25) is 13.9 Å². The van der Waals surface area contributed by atoms with Crippen molar-refractivity contribution in [2.75, 3.05) is 10.8 Å². The second kappa shape index (κ2) is 13.4. The Morgan fingerprint density at radius 2 is 1.51 bits per heavy atom. The van der Waals surface area contributed by atoms with E-state index in [1.54, 1.807) is 19.1 Å². The molecule has 0 spiro atoms. The molecule has 0 radical (unpaired) electrons. The van der Waals surface area contributed by atoms with E-state index in [0.29, 0.717) is 12.8 Å². The molecule has 9 heteroatoms. The van der Waals surface area contributed by atoms with Gasteiger partial charge in [0.1, 0.15) is 18.4 Å². The Balaban J connectivity index is 2.05. The van der Waals surface area contributed by atoms with Crippen LogP contribution in [0.1, 0.15) is 44.7 Å². The van der Waals surface area contributed by atoms with Gasteiger partial charge in [0.2, 0.25) is 11.8 Å². The lowest BCUT2D eigenvalue weighted by atomic mass is 10.1. The third-order valence-corrected chi connectivity index (χ3v) is 8.37. The van der Waals surface area contributed by atoms with Crippen molar-refractivity contribution in [3.05, 3.63) is 95.8 Å². The zero-order valence-electron chi connectivity index (χ0n) is 22.8. The first-order valence-electron chi connectivity index (χ1n) is 13.1. The van der Waals surface area contributed by atoms with Gasteiger partial charge in [-0.1, -0.05) is 74.0 Å². The molecule has 0 fully saturated rings. The van der Waals surface area contributed by atoms with Gasteiger partial charge < -0.3 is 10.2 Å². The number of sulfonamides is 1. The standard InChI is InChI=1S/C30H36FN3O4S/c1-5-23(4)32-30(36)27(6-2)33(20-24-12-8-7-9-13-24)29(35)21-34(28-15-11-10-14-26(28)31)39(37,38)25-18-16-22(3)17-19-25/h7-19,23,27H,5-6,20-21H2,1-4H3,(H,32,36)/t23-,27-/m1/s1. The molecular weight excluding hydrogens is 517 g/mol. The predicted octanol–water partition coefficient (Wildman–Crippen LogP) is 5.05. The van der Waals surface area contributed by atoms with E-state index in [4.69, 9.17) is 0 Å². The molecule has 0 heterocycles. The Hall–Kier alpha value is -3.72. The number of benzene rings is 3. The molecule has 0 unspecified atom stereocenters. The summed E-state index contributed by atoms with van der Waals surface area (Å²) in [5, 5.41) is 2.93. The van der Waals surface area contributed by atoms with Crippen molar-refractivity contribution in [3.8, 4) is 0 Å². The van der Waals surface area contributed by atoms with E-state index in [2.05, 4.69) is 5.32 Å². The Morgan fingerprint density at radius 1 is 0.897 bits per heavy atom. The highest BCUT2D eigenvalue weighted by Crippen LogP contribution is 2.27. The topological polar surface area (TPSA) is 86.8 Å².